The molecule has 1 fully saturated rings. The Morgan fingerprint density at radius 3 is 2.87 bits per heavy atom. The van der Waals surface area contributed by atoms with Crippen LogP contribution >= 0.6 is 23.2 Å². The highest BCUT2D eigenvalue weighted by molar-refractivity contribution is 6.31. The fraction of sp³-hybridized carbons (Fsp3) is 0.320. The molecule has 1 amide bonds. The van der Waals surface area contributed by atoms with Crippen LogP contribution in [-0.4, -0.2) is 19.0 Å². The molecular formula is C25H25Cl2FN2O. The van der Waals surface area contributed by atoms with Crippen LogP contribution in [0, 0.1) is 11.7 Å². The van der Waals surface area contributed by atoms with Gasteiger partial charge in [0.2, 0.25) is 5.91 Å². The van der Waals surface area contributed by atoms with Crippen LogP contribution in [0.3, 0.4) is 0 Å². The van der Waals surface area contributed by atoms with Crippen molar-refractivity contribution in [1.82, 2.24) is 5.32 Å². The van der Waals surface area contributed by atoms with Crippen LogP contribution in [0.5, 0.6) is 0 Å². The van der Waals surface area contributed by atoms with Crippen molar-refractivity contribution in [3.05, 3.63) is 81.7 Å². The minimum absolute atomic E-state index is 0.0497. The normalized spacial score (nSPS) is 18.4. The van der Waals surface area contributed by atoms with Crippen LogP contribution in [-0.2, 0) is 11.2 Å². The van der Waals surface area contributed by atoms with E-state index >= 15 is 0 Å². The maximum absolute atomic E-state index is 13.8. The zero-order valence-electron chi connectivity index (χ0n) is 17.3. The number of benzene rings is 2. The second-order valence-electron chi connectivity index (χ2n) is 8.05. The molecule has 1 N–H and O–H groups in total. The van der Waals surface area contributed by atoms with Gasteiger partial charge in [-0.2, -0.15) is 0 Å². The van der Waals surface area contributed by atoms with Gasteiger partial charge in [-0.1, -0.05) is 41.9 Å². The van der Waals surface area contributed by atoms with Gasteiger partial charge in [-0.25, -0.2) is 4.39 Å². The quantitative estimate of drug-likeness (QED) is 0.542. The molecule has 4 rings (SSSR count). The SMILES string of the molecule is C=C(NCCC1=CCCCc2ccc(Cl)cc21)C1CCN(c2ccc(Cl)c(F)c2)C1=O. The van der Waals surface area contributed by atoms with Gasteiger partial charge in [0.15, 0.2) is 0 Å². The standard InChI is InChI=1S/C25H25Cl2FN2O/c1-16(21-11-13-30(25(21)31)20-8-9-23(27)24(28)15-20)29-12-10-18-5-3-2-4-17-6-7-19(26)14-22(17)18/h5-9,14-15,21,29H,1-4,10-13H2. The largest absolute Gasteiger partial charge is 0.388 e. The Kier molecular flexibility index (Phi) is 6.68. The Bertz CT molecular complexity index is 1050. The molecule has 2 aromatic rings. The molecule has 0 radical (unpaired) electrons. The molecule has 6 heteroatoms. The van der Waals surface area contributed by atoms with Gasteiger partial charge in [0.05, 0.1) is 10.9 Å². The van der Waals surface area contributed by atoms with Gasteiger partial charge in [0, 0.05) is 29.5 Å². The number of hydrogen-bond donors (Lipinski definition) is 1. The minimum atomic E-state index is -0.524. The van der Waals surface area contributed by atoms with E-state index in [1.54, 1.807) is 11.0 Å². The third-order valence-electron chi connectivity index (χ3n) is 6.05. The van der Waals surface area contributed by atoms with Gasteiger partial charge < -0.3 is 10.2 Å². The van der Waals surface area contributed by atoms with Crippen LogP contribution in [0.1, 0.15) is 36.8 Å². The lowest BCUT2D eigenvalue weighted by molar-refractivity contribution is -0.119. The third-order valence-corrected chi connectivity index (χ3v) is 6.59. The summed E-state index contributed by atoms with van der Waals surface area (Å²) in [5.41, 5.74) is 5.09. The first-order valence-electron chi connectivity index (χ1n) is 10.6. The van der Waals surface area contributed by atoms with E-state index in [1.165, 1.54) is 28.8 Å². The lowest BCUT2D eigenvalue weighted by Gasteiger charge is -2.19. The highest BCUT2D eigenvalue weighted by Crippen LogP contribution is 2.32. The van der Waals surface area contributed by atoms with E-state index in [1.807, 2.05) is 12.1 Å². The number of rotatable bonds is 6. The molecule has 162 valence electrons. The molecule has 2 aromatic carbocycles. The summed E-state index contributed by atoms with van der Waals surface area (Å²) in [4.78, 5) is 14.5. The summed E-state index contributed by atoms with van der Waals surface area (Å²) in [7, 11) is 0. The summed E-state index contributed by atoms with van der Waals surface area (Å²) in [6.45, 7) is 5.33. The molecule has 0 spiro atoms. The summed E-state index contributed by atoms with van der Waals surface area (Å²) in [6.07, 6.45) is 7.02. The third kappa shape index (κ3) is 4.81. The molecule has 0 bridgehead atoms. The van der Waals surface area contributed by atoms with E-state index in [0.29, 0.717) is 30.9 Å². The van der Waals surface area contributed by atoms with Crippen molar-refractivity contribution in [2.24, 2.45) is 5.92 Å². The molecule has 1 unspecified atom stereocenters. The average Bonchev–Trinajstić information content (AvgIpc) is 3.02. The number of halogens is 3. The fourth-order valence-corrected chi connectivity index (χ4v) is 4.66. The monoisotopic (exact) mass is 458 g/mol. The summed E-state index contributed by atoms with van der Waals surface area (Å²) in [6, 6.07) is 10.6. The van der Waals surface area contributed by atoms with Crippen molar-refractivity contribution in [1.29, 1.82) is 0 Å². The Balaban J connectivity index is 1.37. The summed E-state index contributed by atoms with van der Waals surface area (Å²) in [5.74, 6) is -0.905. The van der Waals surface area contributed by atoms with Gasteiger partial charge >= 0.3 is 0 Å². The van der Waals surface area contributed by atoms with Crippen molar-refractivity contribution in [2.45, 2.75) is 32.1 Å². The molecule has 1 atom stereocenters. The number of allylic oxidation sites excluding steroid dienone is 1. The van der Waals surface area contributed by atoms with Crippen molar-refractivity contribution in [3.63, 3.8) is 0 Å². The van der Waals surface area contributed by atoms with Gasteiger partial charge in [-0.15, -0.1) is 0 Å². The number of carbonyl (C=O) groups excluding carboxylic acids is 1. The van der Waals surface area contributed by atoms with E-state index in [0.717, 1.165) is 30.7 Å². The van der Waals surface area contributed by atoms with Gasteiger partial charge in [0.25, 0.3) is 0 Å². The molecule has 0 saturated carbocycles. The van der Waals surface area contributed by atoms with Crippen molar-refractivity contribution in [3.8, 4) is 0 Å². The maximum Gasteiger partial charge on any atom is 0.236 e. The molecule has 1 heterocycles. The van der Waals surface area contributed by atoms with Crippen molar-refractivity contribution >= 4 is 40.4 Å². The Labute approximate surface area is 192 Å². The average molecular weight is 459 g/mol. The number of anilines is 1. The van der Waals surface area contributed by atoms with Crippen LogP contribution in [0.2, 0.25) is 10.0 Å². The number of carbonyl (C=O) groups is 1. The lowest BCUT2D eigenvalue weighted by atomic mass is 9.97. The number of hydrogen-bond acceptors (Lipinski definition) is 2. The highest BCUT2D eigenvalue weighted by atomic mass is 35.5. The zero-order chi connectivity index (χ0) is 22.0. The molecule has 31 heavy (non-hydrogen) atoms. The Morgan fingerprint density at radius 2 is 2.06 bits per heavy atom. The first kappa shape index (κ1) is 21.9. The van der Waals surface area contributed by atoms with Gasteiger partial charge in [-0.3, -0.25) is 4.79 Å². The number of aryl methyl sites for hydroxylation is 1. The van der Waals surface area contributed by atoms with E-state index < -0.39 is 5.82 Å². The lowest BCUT2D eigenvalue weighted by Crippen LogP contribution is -2.30. The summed E-state index contributed by atoms with van der Waals surface area (Å²) >= 11 is 12.0. The summed E-state index contributed by atoms with van der Waals surface area (Å²) in [5, 5.41) is 4.15. The van der Waals surface area contributed by atoms with E-state index in [2.05, 4.69) is 24.0 Å². The molecule has 0 aromatic heterocycles. The van der Waals surface area contributed by atoms with Crippen LogP contribution in [0.4, 0.5) is 10.1 Å². The van der Waals surface area contributed by atoms with E-state index in [4.69, 9.17) is 23.2 Å². The van der Waals surface area contributed by atoms with Crippen LogP contribution in [0.25, 0.3) is 5.57 Å². The predicted molar refractivity (Wildman–Crippen MR) is 126 cm³/mol. The van der Waals surface area contributed by atoms with E-state index in [-0.39, 0.29) is 16.8 Å². The molecule has 2 aliphatic rings. The second-order valence-corrected chi connectivity index (χ2v) is 8.90. The minimum Gasteiger partial charge on any atom is -0.388 e. The fourth-order valence-electron chi connectivity index (χ4n) is 4.37. The number of fused-ring (bicyclic) bond motifs is 1. The van der Waals surface area contributed by atoms with Crippen molar-refractivity contribution < 1.29 is 9.18 Å². The smallest absolute Gasteiger partial charge is 0.236 e. The molecular weight excluding hydrogens is 434 g/mol. The van der Waals surface area contributed by atoms with Crippen molar-refractivity contribution in [2.75, 3.05) is 18.0 Å². The predicted octanol–water partition coefficient (Wildman–Crippen LogP) is 6.40. The number of amides is 1. The molecule has 1 aliphatic carbocycles. The number of nitrogens with zero attached hydrogens (tertiary/aromatic N) is 1. The zero-order valence-corrected chi connectivity index (χ0v) is 18.8. The Hall–Kier alpha value is -2.30. The van der Waals surface area contributed by atoms with Crippen LogP contribution in [0.15, 0.2) is 54.8 Å². The van der Waals surface area contributed by atoms with Gasteiger partial charge in [0.1, 0.15) is 5.82 Å². The number of nitrogens with one attached hydrogen (secondary N) is 1. The molecule has 1 aliphatic heterocycles. The maximum atomic E-state index is 13.8. The summed E-state index contributed by atoms with van der Waals surface area (Å²) < 4.78 is 13.8. The highest BCUT2D eigenvalue weighted by Gasteiger charge is 2.34. The first-order chi connectivity index (χ1) is 14.9. The van der Waals surface area contributed by atoms with Crippen LogP contribution < -0.4 is 10.2 Å². The topological polar surface area (TPSA) is 32.3 Å². The first-order valence-corrected chi connectivity index (χ1v) is 11.4. The second kappa shape index (κ2) is 9.46. The Morgan fingerprint density at radius 1 is 1.23 bits per heavy atom. The molecule has 1 saturated heterocycles. The molecule has 3 nitrogen and oxygen atoms in total. The van der Waals surface area contributed by atoms with E-state index in [9.17, 15) is 9.18 Å². The van der Waals surface area contributed by atoms with Gasteiger partial charge in [-0.05, 0) is 79.1 Å².